The SMILES string of the molecule is CCc1cc2c(Cl)nc(C(C)C)nc2s1. The first-order valence-electron chi connectivity index (χ1n) is 5.07. The molecule has 2 nitrogen and oxygen atoms in total. The third kappa shape index (κ3) is 1.99. The van der Waals surface area contributed by atoms with Gasteiger partial charge in [-0.15, -0.1) is 11.3 Å². The summed E-state index contributed by atoms with van der Waals surface area (Å²) in [6.45, 7) is 6.28. The molecule has 0 amide bonds. The monoisotopic (exact) mass is 240 g/mol. The molecule has 0 aliphatic rings. The first-order chi connectivity index (χ1) is 7.11. The van der Waals surface area contributed by atoms with E-state index >= 15 is 0 Å². The molecule has 4 heteroatoms. The Morgan fingerprint density at radius 1 is 1.40 bits per heavy atom. The van der Waals surface area contributed by atoms with Crippen LogP contribution in [0.5, 0.6) is 0 Å². The van der Waals surface area contributed by atoms with E-state index < -0.39 is 0 Å². The number of rotatable bonds is 2. The number of halogens is 1. The fourth-order valence-electron chi connectivity index (χ4n) is 1.38. The van der Waals surface area contributed by atoms with Crippen LogP contribution in [0.3, 0.4) is 0 Å². The van der Waals surface area contributed by atoms with Crippen LogP contribution in [0.4, 0.5) is 0 Å². The second kappa shape index (κ2) is 4.06. The molecule has 80 valence electrons. The number of aromatic nitrogens is 2. The van der Waals surface area contributed by atoms with Crippen molar-refractivity contribution in [3.05, 3.63) is 21.9 Å². The summed E-state index contributed by atoms with van der Waals surface area (Å²) in [4.78, 5) is 11.2. The third-order valence-electron chi connectivity index (χ3n) is 2.28. The maximum Gasteiger partial charge on any atom is 0.141 e. The smallest absolute Gasteiger partial charge is 0.141 e. The van der Waals surface area contributed by atoms with Crippen molar-refractivity contribution in [1.82, 2.24) is 9.97 Å². The van der Waals surface area contributed by atoms with Crippen LogP contribution >= 0.6 is 22.9 Å². The molecule has 15 heavy (non-hydrogen) atoms. The van der Waals surface area contributed by atoms with Gasteiger partial charge in [-0.1, -0.05) is 32.4 Å². The van der Waals surface area contributed by atoms with Crippen molar-refractivity contribution in [3.8, 4) is 0 Å². The molecule has 0 saturated heterocycles. The van der Waals surface area contributed by atoms with Gasteiger partial charge in [0.1, 0.15) is 15.8 Å². The molecule has 0 saturated carbocycles. The quantitative estimate of drug-likeness (QED) is 0.741. The van der Waals surface area contributed by atoms with Gasteiger partial charge in [0.05, 0.1) is 0 Å². The zero-order chi connectivity index (χ0) is 11.0. The Balaban J connectivity index is 2.65. The van der Waals surface area contributed by atoms with Gasteiger partial charge in [0.15, 0.2) is 0 Å². The molecule has 2 aromatic rings. The van der Waals surface area contributed by atoms with Crippen molar-refractivity contribution in [1.29, 1.82) is 0 Å². The Hall–Kier alpha value is -0.670. The molecule has 0 fully saturated rings. The average molecular weight is 241 g/mol. The zero-order valence-corrected chi connectivity index (χ0v) is 10.6. The first-order valence-corrected chi connectivity index (χ1v) is 6.27. The summed E-state index contributed by atoms with van der Waals surface area (Å²) in [5.41, 5.74) is 0. The minimum Gasteiger partial charge on any atom is -0.222 e. The van der Waals surface area contributed by atoms with E-state index in [9.17, 15) is 0 Å². The molecule has 0 atom stereocenters. The van der Waals surface area contributed by atoms with Crippen LogP contribution in [-0.4, -0.2) is 9.97 Å². The van der Waals surface area contributed by atoms with Crippen LogP contribution in [0.15, 0.2) is 6.07 Å². The van der Waals surface area contributed by atoms with Gasteiger partial charge in [0, 0.05) is 16.2 Å². The van der Waals surface area contributed by atoms with Gasteiger partial charge in [0.25, 0.3) is 0 Å². The molecule has 0 aliphatic heterocycles. The highest BCUT2D eigenvalue weighted by Crippen LogP contribution is 2.30. The van der Waals surface area contributed by atoms with E-state index in [0.717, 1.165) is 22.5 Å². The highest BCUT2D eigenvalue weighted by Gasteiger charge is 2.11. The number of thiophene rings is 1. The summed E-state index contributed by atoms with van der Waals surface area (Å²) in [5.74, 6) is 1.15. The summed E-state index contributed by atoms with van der Waals surface area (Å²) in [6, 6.07) is 2.09. The van der Waals surface area contributed by atoms with Gasteiger partial charge >= 0.3 is 0 Å². The second-order valence-electron chi connectivity index (χ2n) is 3.81. The van der Waals surface area contributed by atoms with Crippen molar-refractivity contribution >= 4 is 33.2 Å². The van der Waals surface area contributed by atoms with Crippen molar-refractivity contribution < 1.29 is 0 Å². The lowest BCUT2D eigenvalue weighted by atomic mass is 10.2. The zero-order valence-electron chi connectivity index (χ0n) is 9.04. The van der Waals surface area contributed by atoms with E-state index in [4.69, 9.17) is 11.6 Å². The molecule has 2 rings (SSSR count). The van der Waals surface area contributed by atoms with E-state index in [0.29, 0.717) is 11.1 Å². The highest BCUT2D eigenvalue weighted by molar-refractivity contribution is 7.18. The predicted molar refractivity (Wildman–Crippen MR) is 65.9 cm³/mol. The molecular weight excluding hydrogens is 228 g/mol. The van der Waals surface area contributed by atoms with Crippen LogP contribution in [-0.2, 0) is 6.42 Å². The van der Waals surface area contributed by atoms with Gasteiger partial charge in [-0.3, -0.25) is 0 Å². The number of fused-ring (bicyclic) bond motifs is 1. The van der Waals surface area contributed by atoms with Crippen LogP contribution in [0.25, 0.3) is 10.2 Å². The Morgan fingerprint density at radius 3 is 2.73 bits per heavy atom. The molecular formula is C11H13ClN2S. The van der Waals surface area contributed by atoms with E-state index in [2.05, 4.69) is 36.8 Å². The lowest BCUT2D eigenvalue weighted by Gasteiger charge is -2.03. The summed E-state index contributed by atoms with van der Waals surface area (Å²) in [6.07, 6.45) is 1.02. The number of nitrogens with zero attached hydrogens (tertiary/aromatic N) is 2. The topological polar surface area (TPSA) is 25.8 Å². The van der Waals surface area contributed by atoms with E-state index in [-0.39, 0.29) is 0 Å². The Morgan fingerprint density at radius 2 is 2.13 bits per heavy atom. The fourth-order valence-corrected chi connectivity index (χ4v) is 2.65. The average Bonchev–Trinajstić information content (AvgIpc) is 2.61. The van der Waals surface area contributed by atoms with E-state index in [1.807, 2.05) is 0 Å². The number of aryl methyl sites for hydroxylation is 1. The summed E-state index contributed by atoms with van der Waals surface area (Å²) in [5, 5.41) is 1.57. The summed E-state index contributed by atoms with van der Waals surface area (Å²) >= 11 is 7.84. The van der Waals surface area contributed by atoms with Crippen molar-refractivity contribution in [3.63, 3.8) is 0 Å². The molecule has 0 spiro atoms. The predicted octanol–water partition coefficient (Wildman–Crippen LogP) is 4.03. The Kier molecular flexibility index (Phi) is 2.94. The summed E-state index contributed by atoms with van der Waals surface area (Å²) < 4.78 is 0. The molecule has 0 aromatic carbocycles. The number of hydrogen-bond donors (Lipinski definition) is 0. The standard InChI is InChI=1S/C11H13ClN2S/c1-4-7-5-8-9(12)13-10(6(2)3)14-11(8)15-7/h5-6H,4H2,1-3H3. The van der Waals surface area contributed by atoms with Crippen molar-refractivity contribution in [2.45, 2.75) is 33.1 Å². The van der Waals surface area contributed by atoms with Gasteiger partial charge in [-0.05, 0) is 12.5 Å². The normalized spacial score (nSPS) is 11.5. The van der Waals surface area contributed by atoms with Crippen LogP contribution in [0.2, 0.25) is 5.15 Å². The number of hydrogen-bond acceptors (Lipinski definition) is 3. The van der Waals surface area contributed by atoms with E-state index in [1.165, 1.54) is 4.88 Å². The molecule has 2 heterocycles. The minimum atomic E-state index is 0.319. The van der Waals surface area contributed by atoms with Gasteiger partial charge in [0.2, 0.25) is 0 Å². The minimum absolute atomic E-state index is 0.319. The van der Waals surface area contributed by atoms with Gasteiger partial charge in [-0.2, -0.15) is 0 Å². The molecule has 0 radical (unpaired) electrons. The molecule has 2 aromatic heterocycles. The largest absolute Gasteiger partial charge is 0.222 e. The van der Waals surface area contributed by atoms with Crippen molar-refractivity contribution in [2.24, 2.45) is 0 Å². The highest BCUT2D eigenvalue weighted by atomic mass is 35.5. The first kappa shape index (κ1) is 10.8. The summed E-state index contributed by atoms with van der Waals surface area (Å²) in [7, 11) is 0. The van der Waals surface area contributed by atoms with Crippen LogP contribution in [0, 0.1) is 0 Å². The van der Waals surface area contributed by atoms with E-state index in [1.54, 1.807) is 11.3 Å². The Bertz CT molecular complexity index is 491. The lowest BCUT2D eigenvalue weighted by molar-refractivity contribution is 0.784. The molecule has 0 aliphatic carbocycles. The van der Waals surface area contributed by atoms with Crippen molar-refractivity contribution in [2.75, 3.05) is 0 Å². The van der Waals surface area contributed by atoms with Crippen LogP contribution in [0.1, 0.15) is 37.4 Å². The molecule has 0 bridgehead atoms. The molecule has 0 unspecified atom stereocenters. The second-order valence-corrected chi connectivity index (χ2v) is 5.29. The third-order valence-corrected chi connectivity index (χ3v) is 3.74. The Labute approximate surface area is 98.3 Å². The maximum absolute atomic E-state index is 6.13. The maximum atomic E-state index is 6.13. The lowest BCUT2D eigenvalue weighted by Crippen LogP contribution is -1.96. The fraction of sp³-hybridized carbons (Fsp3) is 0.455. The van der Waals surface area contributed by atoms with Gasteiger partial charge < -0.3 is 0 Å². The van der Waals surface area contributed by atoms with Crippen LogP contribution < -0.4 is 0 Å². The van der Waals surface area contributed by atoms with Gasteiger partial charge in [-0.25, -0.2) is 9.97 Å². The molecule has 0 N–H and O–H groups in total.